The molecule has 0 heterocycles. The Kier molecular flexibility index (Phi) is 8.85. The molecular formula is C22H22N2O7S3. The van der Waals surface area contributed by atoms with Gasteiger partial charge in [0.2, 0.25) is 0 Å². The van der Waals surface area contributed by atoms with Crippen molar-refractivity contribution in [3.8, 4) is 0 Å². The fourth-order valence-corrected chi connectivity index (χ4v) is 4.72. The van der Waals surface area contributed by atoms with E-state index in [1.54, 1.807) is 18.2 Å². The molecule has 0 saturated heterocycles. The molecule has 0 aliphatic rings. The highest BCUT2D eigenvalue weighted by molar-refractivity contribution is 7.92. The number of hydrogen-bond acceptors (Lipinski definition) is 7. The number of rotatable bonds is 6. The third-order valence-electron chi connectivity index (χ3n) is 4.69. The largest absolute Gasteiger partial charge is 0.335 e. The van der Waals surface area contributed by atoms with E-state index in [1.165, 1.54) is 49.5 Å². The van der Waals surface area contributed by atoms with Crippen molar-refractivity contribution < 1.29 is 30.0 Å². The maximum absolute atomic E-state index is 13.1. The lowest BCUT2D eigenvalue weighted by atomic mass is 10.1. The second-order valence-electron chi connectivity index (χ2n) is 7.15. The summed E-state index contributed by atoms with van der Waals surface area (Å²) in [4.78, 5) is 12.5. The Balaban J connectivity index is 0.00000129. The van der Waals surface area contributed by atoms with Crippen LogP contribution in [0.25, 0.3) is 0 Å². The van der Waals surface area contributed by atoms with E-state index in [4.69, 9.17) is 8.42 Å². The third-order valence-corrected chi connectivity index (χ3v) is 7.60. The summed E-state index contributed by atoms with van der Waals surface area (Å²) in [6.45, 7) is 1.92. The summed E-state index contributed by atoms with van der Waals surface area (Å²) in [5, 5.41) is 2.70. The van der Waals surface area contributed by atoms with E-state index in [0.29, 0.717) is 16.9 Å². The lowest BCUT2D eigenvalue weighted by molar-refractivity contribution is 0.102. The summed E-state index contributed by atoms with van der Waals surface area (Å²) >= 11 is -0.750. The molecule has 0 bridgehead atoms. The van der Waals surface area contributed by atoms with Crippen molar-refractivity contribution in [1.82, 2.24) is 0 Å². The molecule has 0 fully saturated rings. The van der Waals surface area contributed by atoms with Gasteiger partial charge in [-0.2, -0.15) is 8.42 Å². The number of amides is 1. The lowest BCUT2D eigenvalue weighted by Gasteiger charge is -2.20. The number of carbonyl (C=O) groups excluding carboxylic acids is 1. The molecule has 0 atom stereocenters. The first-order valence-electron chi connectivity index (χ1n) is 9.59. The summed E-state index contributed by atoms with van der Waals surface area (Å²) in [6, 6.07) is 18.5. The highest BCUT2D eigenvalue weighted by Crippen LogP contribution is 2.25. The third kappa shape index (κ3) is 6.83. The van der Waals surface area contributed by atoms with Crippen molar-refractivity contribution in [2.75, 3.05) is 22.9 Å². The minimum absolute atomic E-state index is 0.0103. The van der Waals surface area contributed by atoms with E-state index in [0.717, 1.165) is 16.1 Å². The first-order chi connectivity index (χ1) is 15.9. The van der Waals surface area contributed by atoms with E-state index < -0.39 is 31.4 Å². The van der Waals surface area contributed by atoms with E-state index in [-0.39, 0.29) is 15.7 Å². The quantitative estimate of drug-likeness (QED) is 0.526. The zero-order chi connectivity index (χ0) is 25.5. The van der Waals surface area contributed by atoms with Crippen LogP contribution in [0.2, 0.25) is 0 Å². The molecule has 0 unspecified atom stereocenters. The highest BCUT2D eigenvalue weighted by Gasteiger charge is 2.22. The number of aryl methyl sites for hydroxylation is 1. The van der Waals surface area contributed by atoms with Crippen LogP contribution < -0.4 is 9.62 Å². The average molecular weight is 523 g/mol. The first kappa shape index (κ1) is 26.9. The smallest absolute Gasteiger partial charge is 0.322 e. The van der Waals surface area contributed by atoms with Crippen LogP contribution in [0.5, 0.6) is 0 Å². The van der Waals surface area contributed by atoms with Crippen LogP contribution in [0, 0.1) is 6.92 Å². The number of benzene rings is 3. The van der Waals surface area contributed by atoms with Crippen molar-refractivity contribution in [2.24, 2.45) is 0 Å². The number of anilines is 2. The van der Waals surface area contributed by atoms with Crippen LogP contribution in [0.1, 0.15) is 15.9 Å². The van der Waals surface area contributed by atoms with Crippen LogP contribution in [0.15, 0.2) is 82.6 Å². The van der Waals surface area contributed by atoms with Gasteiger partial charge < -0.3 is 5.32 Å². The van der Waals surface area contributed by atoms with Crippen molar-refractivity contribution in [2.45, 2.75) is 16.7 Å². The number of sulfone groups is 1. The van der Waals surface area contributed by atoms with Crippen LogP contribution in [0.4, 0.5) is 11.4 Å². The van der Waals surface area contributed by atoms with Crippen LogP contribution in [-0.4, -0.2) is 44.5 Å². The monoisotopic (exact) mass is 522 g/mol. The minimum atomic E-state index is -3.94. The number of carbonyl (C=O) groups is 1. The Morgan fingerprint density at radius 2 is 1.41 bits per heavy atom. The SMILES string of the molecule is Cc1ccc(C(=O)Nc2cccc(S(=O)(=O)N(C)c3ccc(S(C)(=O)=O)cc3)c2)cc1.O=S=O. The normalized spacial score (nSPS) is 11.0. The van der Waals surface area contributed by atoms with Crippen molar-refractivity contribution in [3.63, 3.8) is 0 Å². The van der Waals surface area contributed by atoms with Gasteiger partial charge in [-0.05, 0) is 61.5 Å². The Morgan fingerprint density at radius 3 is 1.94 bits per heavy atom. The van der Waals surface area contributed by atoms with Crippen LogP contribution in [0.3, 0.4) is 0 Å². The first-order valence-corrected chi connectivity index (χ1v) is 13.6. The number of sulfonamides is 1. The van der Waals surface area contributed by atoms with Gasteiger partial charge in [-0.1, -0.05) is 23.8 Å². The van der Waals surface area contributed by atoms with E-state index >= 15 is 0 Å². The highest BCUT2D eigenvalue weighted by atomic mass is 32.2. The molecule has 12 heteroatoms. The summed E-state index contributed by atoms with van der Waals surface area (Å²) < 4.78 is 67.0. The van der Waals surface area contributed by atoms with Gasteiger partial charge in [0.25, 0.3) is 15.9 Å². The summed E-state index contributed by atoms with van der Waals surface area (Å²) in [5.74, 6) is -0.348. The fraction of sp³-hybridized carbons (Fsp3) is 0.136. The summed E-state index contributed by atoms with van der Waals surface area (Å²) in [7, 11) is -5.94. The molecule has 3 aromatic rings. The molecule has 0 aromatic heterocycles. The maximum Gasteiger partial charge on any atom is 0.335 e. The lowest BCUT2D eigenvalue weighted by Crippen LogP contribution is -2.26. The number of hydrogen-bond donors (Lipinski definition) is 1. The molecular weight excluding hydrogens is 500 g/mol. The van der Waals surface area contributed by atoms with Crippen molar-refractivity contribution >= 4 is 48.7 Å². The molecule has 0 radical (unpaired) electrons. The topological polar surface area (TPSA) is 135 Å². The number of nitrogens with zero attached hydrogens (tertiary/aromatic N) is 1. The molecule has 3 rings (SSSR count). The Bertz CT molecular complexity index is 1410. The molecule has 1 amide bonds. The second-order valence-corrected chi connectivity index (χ2v) is 11.3. The maximum atomic E-state index is 13.1. The molecule has 0 aliphatic heterocycles. The molecule has 0 saturated carbocycles. The van der Waals surface area contributed by atoms with Gasteiger partial charge in [0, 0.05) is 24.6 Å². The molecule has 180 valence electrons. The Hall–Kier alpha value is -3.35. The van der Waals surface area contributed by atoms with Gasteiger partial charge in [-0.25, -0.2) is 16.8 Å². The molecule has 3 aromatic carbocycles. The average Bonchev–Trinajstić information content (AvgIpc) is 2.79. The molecule has 0 spiro atoms. The minimum Gasteiger partial charge on any atom is -0.322 e. The standard InChI is InChI=1S/C22H22N2O5S2.O2S/c1-16-7-9-17(10-8-16)22(25)23-18-5-4-6-21(15-18)31(28,29)24(2)19-11-13-20(14-12-19)30(3,26)27;1-3-2/h4-15H,1-3H3,(H,23,25);. The Morgan fingerprint density at radius 1 is 0.853 bits per heavy atom. The van der Waals surface area contributed by atoms with Crippen LogP contribution in [-0.2, 0) is 31.4 Å². The predicted molar refractivity (Wildman–Crippen MR) is 130 cm³/mol. The zero-order valence-corrected chi connectivity index (χ0v) is 20.9. The fourth-order valence-electron chi connectivity index (χ4n) is 2.84. The van der Waals surface area contributed by atoms with Gasteiger partial charge in [-0.3, -0.25) is 9.10 Å². The zero-order valence-electron chi connectivity index (χ0n) is 18.5. The van der Waals surface area contributed by atoms with E-state index in [1.807, 2.05) is 19.1 Å². The molecule has 9 nitrogen and oxygen atoms in total. The second kappa shape index (κ2) is 11.2. The summed E-state index contributed by atoms with van der Waals surface area (Å²) in [5.41, 5.74) is 2.13. The Labute approximate surface area is 202 Å². The predicted octanol–water partition coefficient (Wildman–Crippen LogP) is 2.81. The van der Waals surface area contributed by atoms with Gasteiger partial charge in [0.1, 0.15) is 0 Å². The van der Waals surface area contributed by atoms with Gasteiger partial charge in [0.05, 0.1) is 15.5 Å². The van der Waals surface area contributed by atoms with E-state index in [2.05, 4.69) is 5.32 Å². The molecule has 34 heavy (non-hydrogen) atoms. The van der Waals surface area contributed by atoms with Gasteiger partial charge in [-0.15, -0.1) is 0 Å². The van der Waals surface area contributed by atoms with Crippen molar-refractivity contribution in [3.05, 3.63) is 83.9 Å². The van der Waals surface area contributed by atoms with Gasteiger partial charge in [0.15, 0.2) is 9.84 Å². The van der Waals surface area contributed by atoms with Crippen LogP contribution >= 0.6 is 0 Å². The van der Waals surface area contributed by atoms with Crippen molar-refractivity contribution in [1.29, 1.82) is 0 Å². The van der Waals surface area contributed by atoms with Gasteiger partial charge >= 0.3 is 11.6 Å². The molecule has 1 N–H and O–H groups in total. The summed E-state index contributed by atoms with van der Waals surface area (Å²) in [6.07, 6.45) is 1.08. The molecule has 0 aliphatic carbocycles. The number of nitrogens with one attached hydrogen (secondary N) is 1. The van der Waals surface area contributed by atoms with E-state index in [9.17, 15) is 21.6 Å².